The van der Waals surface area contributed by atoms with Gasteiger partial charge in [-0.1, -0.05) is 188 Å². The van der Waals surface area contributed by atoms with Crippen LogP contribution in [0.4, 0.5) is 17.1 Å². The van der Waals surface area contributed by atoms with E-state index in [0.717, 1.165) is 17.1 Å². The fourth-order valence-corrected chi connectivity index (χ4v) is 12.4. The van der Waals surface area contributed by atoms with Crippen LogP contribution in [0.25, 0.3) is 93.0 Å². The molecule has 2 aliphatic rings. The normalized spacial score (nSPS) is 13.4. The SMILES string of the molecule is c1ccc(-c2ccc(N(c3ccc4c(c3)C3(c5ccccc5-c5ccccc53)c3ccccc3-4)c3ccc4c5cccc6c7ccccc7cc(c65)n5c6ccccc6c3c45)cc2)cc1. The minimum absolute atomic E-state index is 0.459. The van der Waals surface area contributed by atoms with Crippen LogP contribution < -0.4 is 4.90 Å². The summed E-state index contributed by atoms with van der Waals surface area (Å²) in [6.07, 6.45) is 0. The molecule has 15 rings (SSSR count). The van der Waals surface area contributed by atoms with Gasteiger partial charge in [-0.25, -0.2) is 0 Å². The van der Waals surface area contributed by atoms with Gasteiger partial charge in [0.2, 0.25) is 0 Å². The number of hydrogen-bond donors (Lipinski definition) is 0. The van der Waals surface area contributed by atoms with E-state index in [2.05, 4.69) is 240 Å². The number of anilines is 3. The lowest BCUT2D eigenvalue weighted by Crippen LogP contribution is -2.26. The van der Waals surface area contributed by atoms with Gasteiger partial charge in [0, 0.05) is 32.9 Å². The Hall–Kier alpha value is -8.46. The molecule has 2 nitrogen and oxygen atoms in total. The van der Waals surface area contributed by atoms with Gasteiger partial charge in [-0.05, 0) is 120 Å². The van der Waals surface area contributed by atoms with Gasteiger partial charge in [-0.3, -0.25) is 0 Å². The van der Waals surface area contributed by atoms with Gasteiger partial charge >= 0.3 is 0 Å². The summed E-state index contributed by atoms with van der Waals surface area (Å²) in [4.78, 5) is 2.53. The van der Waals surface area contributed by atoms with E-state index < -0.39 is 5.41 Å². The Morgan fingerprint density at radius 2 is 0.877 bits per heavy atom. The van der Waals surface area contributed by atoms with Crippen molar-refractivity contribution in [2.75, 3.05) is 4.90 Å². The van der Waals surface area contributed by atoms with Crippen LogP contribution in [-0.2, 0) is 5.41 Å². The van der Waals surface area contributed by atoms with Crippen molar-refractivity contribution < 1.29 is 0 Å². The monoisotopic (exact) mass is 822 g/mol. The molecule has 1 spiro atoms. The van der Waals surface area contributed by atoms with Crippen molar-refractivity contribution in [1.82, 2.24) is 4.40 Å². The number of hydrogen-bond acceptors (Lipinski definition) is 1. The maximum Gasteiger partial charge on any atom is 0.0726 e. The molecule has 2 heteroatoms. The molecule has 0 amide bonds. The lowest BCUT2D eigenvalue weighted by Gasteiger charge is -2.32. The zero-order valence-corrected chi connectivity index (χ0v) is 35.3. The van der Waals surface area contributed by atoms with Crippen molar-refractivity contribution in [1.29, 1.82) is 0 Å². The van der Waals surface area contributed by atoms with Gasteiger partial charge in [0.15, 0.2) is 0 Å². The zero-order chi connectivity index (χ0) is 42.4. The summed E-state index contributed by atoms with van der Waals surface area (Å²) in [5.41, 5.74) is 19.6. The van der Waals surface area contributed by atoms with E-state index in [1.165, 1.54) is 115 Å². The first-order valence-corrected chi connectivity index (χ1v) is 22.7. The molecule has 65 heavy (non-hydrogen) atoms. The number of nitrogens with zero attached hydrogens (tertiary/aromatic N) is 2. The van der Waals surface area contributed by atoms with Gasteiger partial charge < -0.3 is 9.30 Å². The summed E-state index contributed by atoms with van der Waals surface area (Å²) < 4.78 is 2.56. The van der Waals surface area contributed by atoms with E-state index >= 15 is 0 Å². The topological polar surface area (TPSA) is 7.65 Å². The fraction of sp³-hybridized carbons (Fsp3) is 0.0159. The third-order valence-electron chi connectivity index (χ3n) is 14.9. The standard InChI is InChI=1S/C63H38N2/c1-2-15-39(16-3-1)40-29-31-42(32-30-40)64(43-33-34-48-47-21-8-12-27-55(47)63(56(48)38-43)53-25-10-6-19-45(53)46-20-7-11-26-54(46)63)58-36-35-51-50-24-14-23-49-44-18-5-4-17-41(44)37-59(60(49)50)65-57-28-13-9-22-52(57)61(58)62(51)65/h1-38H. The van der Waals surface area contributed by atoms with Crippen molar-refractivity contribution in [2.24, 2.45) is 0 Å². The molecular formula is C63H38N2. The van der Waals surface area contributed by atoms with Crippen LogP contribution in [0.1, 0.15) is 22.3 Å². The van der Waals surface area contributed by atoms with Crippen LogP contribution in [-0.4, -0.2) is 4.40 Å². The van der Waals surface area contributed by atoms with Crippen LogP contribution in [0.5, 0.6) is 0 Å². The van der Waals surface area contributed by atoms with Crippen molar-refractivity contribution >= 4 is 76.7 Å². The predicted octanol–water partition coefficient (Wildman–Crippen LogP) is 16.6. The first-order chi connectivity index (χ1) is 32.3. The molecule has 0 saturated heterocycles. The van der Waals surface area contributed by atoms with E-state index in [1.807, 2.05) is 0 Å². The van der Waals surface area contributed by atoms with Crippen LogP contribution in [0.15, 0.2) is 231 Å². The number of benzene rings is 11. The number of fused-ring (bicyclic) bond motifs is 17. The van der Waals surface area contributed by atoms with Crippen LogP contribution in [0, 0.1) is 0 Å². The average molecular weight is 823 g/mol. The van der Waals surface area contributed by atoms with Crippen molar-refractivity contribution in [2.45, 2.75) is 5.41 Å². The largest absolute Gasteiger partial charge is 0.310 e. The Labute approximate surface area is 375 Å². The zero-order valence-electron chi connectivity index (χ0n) is 35.3. The van der Waals surface area contributed by atoms with Crippen LogP contribution in [0.3, 0.4) is 0 Å². The summed E-state index contributed by atoms with van der Waals surface area (Å²) in [7, 11) is 0. The first kappa shape index (κ1) is 35.1. The molecule has 0 saturated carbocycles. The molecule has 0 atom stereocenters. The molecule has 13 aromatic rings. The number of aromatic nitrogens is 1. The van der Waals surface area contributed by atoms with E-state index in [9.17, 15) is 0 Å². The molecule has 0 aliphatic heterocycles. The van der Waals surface area contributed by atoms with E-state index in [1.54, 1.807) is 0 Å². The lowest BCUT2D eigenvalue weighted by atomic mass is 9.70. The second kappa shape index (κ2) is 12.8. The van der Waals surface area contributed by atoms with Crippen molar-refractivity contribution in [3.63, 3.8) is 0 Å². The maximum atomic E-state index is 2.56. The highest BCUT2D eigenvalue weighted by atomic mass is 15.1. The summed E-state index contributed by atoms with van der Waals surface area (Å²) in [6.45, 7) is 0. The predicted molar refractivity (Wildman–Crippen MR) is 273 cm³/mol. The van der Waals surface area contributed by atoms with Gasteiger partial charge in [-0.15, -0.1) is 0 Å². The lowest BCUT2D eigenvalue weighted by molar-refractivity contribution is 0.793. The smallest absolute Gasteiger partial charge is 0.0726 e. The Kier molecular flexibility index (Phi) is 6.91. The molecule has 0 bridgehead atoms. The molecule has 0 fully saturated rings. The number of para-hydroxylation sites is 1. The Bertz CT molecular complexity index is 4060. The van der Waals surface area contributed by atoms with E-state index in [-0.39, 0.29) is 0 Å². The highest BCUT2D eigenvalue weighted by Gasteiger charge is 2.51. The van der Waals surface area contributed by atoms with E-state index in [0.29, 0.717) is 0 Å². The Morgan fingerprint density at radius 1 is 0.323 bits per heavy atom. The summed E-state index contributed by atoms with van der Waals surface area (Å²) in [5.74, 6) is 0. The molecule has 0 radical (unpaired) electrons. The third-order valence-corrected chi connectivity index (χ3v) is 14.9. The first-order valence-electron chi connectivity index (χ1n) is 22.7. The maximum absolute atomic E-state index is 2.56. The van der Waals surface area contributed by atoms with Crippen molar-refractivity contribution in [3.05, 3.63) is 253 Å². The van der Waals surface area contributed by atoms with Gasteiger partial charge in [0.25, 0.3) is 0 Å². The third kappa shape index (κ3) is 4.48. The molecule has 0 unspecified atom stereocenters. The molecule has 300 valence electrons. The summed E-state index contributed by atoms with van der Waals surface area (Å²) in [6, 6.07) is 86.4. The molecule has 2 heterocycles. The molecular weight excluding hydrogens is 785 g/mol. The summed E-state index contributed by atoms with van der Waals surface area (Å²) in [5, 5.41) is 10.2. The molecule has 11 aromatic carbocycles. The molecule has 0 N–H and O–H groups in total. The minimum Gasteiger partial charge on any atom is -0.310 e. The van der Waals surface area contributed by atoms with Crippen LogP contribution in [0.2, 0.25) is 0 Å². The second-order valence-electron chi connectivity index (χ2n) is 17.9. The minimum atomic E-state index is -0.459. The van der Waals surface area contributed by atoms with Crippen LogP contribution >= 0.6 is 0 Å². The van der Waals surface area contributed by atoms with Gasteiger partial charge in [-0.2, -0.15) is 0 Å². The molecule has 2 aliphatic carbocycles. The number of pyridine rings is 1. The Balaban J connectivity index is 1.06. The Morgan fingerprint density at radius 3 is 1.60 bits per heavy atom. The second-order valence-corrected chi connectivity index (χ2v) is 17.9. The quantitative estimate of drug-likeness (QED) is 0.127. The van der Waals surface area contributed by atoms with Crippen molar-refractivity contribution in [3.8, 4) is 33.4 Å². The van der Waals surface area contributed by atoms with Gasteiger partial charge in [0.05, 0.1) is 27.7 Å². The number of rotatable bonds is 4. The molecule has 2 aromatic heterocycles. The average Bonchev–Trinajstić information content (AvgIpc) is 3.99. The fourth-order valence-electron chi connectivity index (χ4n) is 12.4. The highest BCUT2D eigenvalue weighted by molar-refractivity contribution is 6.32. The van der Waals surface area contributed by atoms with Gasteiger partial charge in [0.1, 0.15) is 0 Å². The highest BCUT2D eigenvalue weighted by Crippen LogP contribution is 2.63. The summed E-state index contributed by atoms with van der Waals surface area (Å²) >= 11 is 0. The van der Waals surface area contributed by atoms with E-state index in [4.69, 9.17) is 0 Å².